The molecule has 0 saturated heterocycles. The number of fused-ring (bicyclic) bond motifs is 1. The van der Waals surface area contributed by atoms with Crippen molar-refractivity contribution >= 4 is 11.6 Å². The van der Waals surface area contributed by atoms with Crippen LogP contribution in [0.1, 0.15) is 32.0 Å². The lowest BCUT2D eigenvalue weighted by Crippen LogP contribution is -2.18. The summed E-state index contributed by atoms with van der Waals surface area (Å²) in [4.78, 5) is 24.6. The number of carbonyl (C=O) groups excluding carboxylic acids is 2. The highest BCUT2D eigenvalue weighted by molar-refractivity contribution is 6.23. The monoisotopic (exact) mass is 361 g/mol. The Hall–Kier alpha value is -3.58. The number of ketones is 2. The van der Waals surface area contributed by atoms with Crippen molar-refractivity contribution < 1.29 is 19.4 Å². The average Bonchev–Trinajstić information content (AvgIpc) is 3.19. The molecule has 7 nitrogen and oxygen atoms in total. The minimum Gasteiger partial charge on any atom is -0.483 e. The molecule has 1 heterocycles. The quantitative estimate of drug-likeness (QED) is 0.749. The first-order valence-corrected chi connectivity index (χ1v) is 8.29. The number of hydrogen-bond donors (Lipinski definition) is 1. The van der Waals surface area contributed by atoms with Crippen LogP contribution >= 0.6 is 0 Å². The Kier molecular flexibility index (Phi) is 4.35. The van der Waals surface area contributed by atoms with Crippen LogP contribution in [0.4, 0.5) is 0 Å². The molecule has 134 valence electrons. The molecule has 4 rings (SSSR count). The third-order valence-corrected chi connectivity index (χ3v) is 4.22. The lowest BCUT2D eigenvalue weighted by molar-refractivity contribution is 0.0867. The lowest BCUT2D eigenvalue weighted by Gasteiger charge is -2.14. The van der Waals surface area contributed by atoms with Crippen molar-refractivity contribution in [1.82, 2.24) is 15.0 Å². The van der Waals surface area contributed by atoms with Gasteiger partial charge in [-0.25, -0.2) is 4.68 Å². The molecule has 0 radical (unpaired) electrons. The number of carbonyl (C=O) groups is 2. The van der Waals surface area contributed by atoms with E-state index < -0.39 is 0 Å². The first-order chi connectivity index (χ1) is 13.2. The van der Waals surface area contributed by atoms with E-state index in [1.807, 2.05) is 12.1 Å². The van der Waals surface area contributed by atoms with E-state index in [2.05, 4.69) is 10.3 Å². The number of aliphatic hydroxyl groups is 1. The van der Waals surface area contributed by atoms with Gasteiger partial charge in [-0.2, -0.15) is 0 Å². The van der Waals surface area contributed by atoms with E-state index >= 15 is 0 Å². The van der Waals surface area contributed by atoms with Gasteiger partial charge < -0.3 is 9.84 Å². The predicted octanol–water partition coefficient (Wildman–Crippen LogP) is 2.24. The molecule has 3 aromatic rings. The molecule has 1 N–H and O–H groups in total. The van der Waals surface area contributed by atoms with Gasteiger partial charge in [0.05, 0.1) is 18.5 Å². The highest BCUT2D eigenvalue weighted by Crippen LogP contribution is 2.22. The number of aliphatic hydroxyl groups excluding tert-OH is 1. The maximum atomic E-state index is 12.5. The summed E-state index contributed by atoms with van der Waals surface area (Å²) in [6.45, 7) is -0.0105. The number of nitrogens with zero attached hydrogens (tertiary/aromatic N) is 3. The van der Waals surface area contributed by atoms with Crippen molar-refractivity contribution in [3.63, 3.8) is 0 Å². The Labute approximate surface area is 154 Å². The van der Waals surface area contributed by atoms with E-state index in [1.54, 1.807) is 47.3 Å². The fourth-order valence-electron chi connectivity index (χ4n) is 2.79. The molecule has 1 aliphatic rings. The molecular weight excluding hydrogens is 346 g/mol. The molecule has 7 heteroatoms. The molecule has 0 atom stereocenters. The molecule has 27 heavy (non-hydrogen) atoms. The maximum Gasteiger partial charge on any atom is 0.228 e. The van der Waals surface area contributed by atoms with Crippen LogP contribution in [0.15, 0.2) is 66.6 Å². The molecule has 1 aromatic heterocycles. The fraction of sp³-hybridized carbons (Fsp3) is 0.100. The number of hydrogen-bond acceptors (Lipinski definition) is 6. The van der Waals surface area contributed by atoms with Gasteiger partial charge >= 0.3 is 0 Å². The standard InChI is InChI=1S/C20H15N3O4/c24-11-13-5-7-15(8-6-13)23-10-14(21-22-23)12-27-19-9-18(25)16-3-1-2-4-17(16)20(19)26/h1-10,24H,11-12H2. The first-order valence-electron chi connectivity index (χ1n) is 8.29. The molecule has 2 aromatic carbocycles. The van der Waals surface area contributed by atoms with Crippen LogP contribution in [-0.2, 0) is 18.0 Å². The highest BCUT2D eigenvalue weighted by Gasteiger charge is 2.26. The number of Topliss-reactive ketones (excluding diaryl/α,β-unsaturated/α-hetero) is 1. The summed E-state index contributed by atoms with van der Waals surface area (Å²) < 4.78 is 7.10. The highest BCUT2D eigenvalue weighted by atomic mass is 16.5. The number of aromatic nitrogens is 3. The van der Waals surface area contributed by atoms with E-state index in [0.717, 1.165) is 11.3 Å². The zero-order valence-corrected chi connectivity index (χ0v) is 14.2. The minimum atomic E-state index is -0.322. The second-order valence-electron chi connectivity index (χ2n) is 6.02. The van der Waals surface area contributed by atoms with Crippen LogP contribution in [0.3, 0.4) is 0 Å². The van der Waals surface area contributed by atoms with Crippen LogP contribution < -0.4 is 0 Å². The molecule has 1 aliphatic carbocycles. The van der Waals surface area contributed by atoms with Crippen LogP contribution in [0.5, 0.6) is 0 Å². The van der Waals surface area contributed by atoms with Crippen molar-refractivity contribution in [2.24, 2.45) is 0 Å². The van der Waals surface area contributed by atoms with Crippen LogP contribution in [-0.4, -0.2) is 31.7 Å². The second kappa shape index (κ2) is 6.97. The van der Waals surface area contributed by atoms with Gasteiger partial charge in [0, 0.05) is 17.2 Å². The van der Waals surface area contributed by atoms with Gasteiger partial charge in [0.1, 0.15) is 12.3 Å². The summed E-state index contributed by atoms with van der Waals surface area (Å²) >= 11 is 0. The topological polar surface area (TPSA) is 94.3 Å². The minimum absolute atomic E-state index is 0.000508. The van der Waals surface area contributed by atoms with Crippen LogP contribution in [0.2, 0.25) is 0 Å². The largest absolute Gasteiger partial charge is 0.483 e. The Bertz CT molecular complexity index is 1050. The zero-order valence-electron chi connectivity index (χ0n) is 14.2. The Balaban J connectivity index is 1.47. The molecule has 0 fully saturated rings. The van der Waals surface area contributed by atoms with Gasteiger partial charge in [0.2, 0.25) is 5.78 Å². The SMILES string of the molecule is O=C1C=C(OCc2cn(-c3ccc(CO)cc3)nn2)C(=O)c2ccccc21. The van der Waals surface area contributed by atoms with Gasteiger partial charge in [-0.3, -0.25) is 9.59 Å². The normalized spacial score (nSPS) is 13.3. The Morgan fingerprint density at radius 3 is 2.48 bits per heavy atom. The summed E-state index contributed by atoms with van der Waals surface area (Å²) in [5.41, 5.74) is 2.82. The zero-order chi connectivity index (χ0) is 18.8. The van der Waals surface area contributed by atoms with Gasteiger partial charge in [-0.1, -0.05) is 41.6 Å². The summed E-state index contributed by atoms with van der Waals surface area (Å²) in [5.74, 6) is -0.578. The number of allylic oxidation sites excluding steroid dienone is 2. The van der Waals surface area contributed by atoms with E-state index in [0.29, 0.717) is 16.8 Å². The average molecular weight is 361 g/mol. The molecule has 0 spiro atoms. The molecule has 0 amide bonds. The molecular formula is C20H15N3O4. The Morgan fingerprint density at radius 2 is 1.74 bits per heavy atom. The Morgan fingerprint density at radius 1 is 1.00 bits per heavy atom. The molecule has 0 unspecified atom stereocenters. The van der Waals surface area contributed by atoms with Crippen molar-refractivity contribution in [3.05, 3.63) is 88.9 Å². The van der Waals surface area contributed by atoms with Gasteiger partial charge in [-0.15, -0.1) is 5.10 Å². The van der Waals surface area contributed by atoms with E-state index in [1.165, 1.54) is 6.08 Å². The summed E-state index contributed by atoms with van der Waals surface area (Å²) in [6.07, 6.45) is 2.89. The smallest absolute Gasteiger partial charge is 0.228 e. The molecule has 0 aliphatic heterocycles. The van der Waals surface area contributed by atoms with E-state index in [-0.39, 0.29) is 30.5 Å². The van der Waals surface area contributed by atoms with Gasteiger partial charge in [-0.05, 0) is 17.7 Å². The first kappa shape index (κ1) is 16.9. The third kappa shape index (κ3) is 3.28. The lowest BCUT2D eigenvalue weighted by atomic mass is 9.94. The third-order valence-electron chi connectivity index (χ3n) is 4.22. The van der Waals surface area contributed by atoms with Crippen molar-refractivity contribution in [2.75, 3.05) is 0 Å². The molecule has 0 saturated carbocycles. The van der Waals surface area contributed by atoms with Gasteiger partial charge in [0.25, 0.3) is 0 Å². The fourth-order valence-corrected chi connectivity index (χ4v) is 2.79. The predicted molar refractivity (Wildman–Crippen MR) is 95.3 cm³/mol. The number of benzene rings is 2. The van der Waals surface area contributed by atoms with E-state index in [9.17, 15) is 9.59 Å². The van der Waals surface area contributed by atoms with Gasteiger partial charge in [0.15, 0.2) is 11.5 Å². The summed E-state index contributed by atoms with van der Waals surface area (Å²) in [7, 11) is 0. The summed E-state index contributed by atoms with van der Waals surface area (Å²) in [6, 6.07) is 13.9. The van der Waals surface area contributed by atoms with Crippen molar-refractivity contribution in [3.8, 4) is 5.69 Å². The van der Waals surface area contributed by atoms with E-state index in [4.69, 9.17) is 9.84 Å². The number of ether oxygens (including phenoxy) is 1. The maximum absolute atomic E-state index is 12.5. The van der Waals surface area contributed by atoms with Crippen LogP contribution in [0.25, 0.3) is 5.69 Å². The van der Waals surface area contributed by atoms with Crippen molar-refractivity contribution in [2.45, 2.75) is 13.2 Å². The summed E-state index contributed by atoms with van der Waals surface area (Å²) in [5, 5.41) is 17.1. The number of rotatable bonds is 5. The molecule has 0 bridgehead atoms. The van der Waals surface area contributed by atoms with Crippen molar-refractivity contribution in [1.29, 1.82) is 0 Å². The second-order valence-corrected chi connectivity index (χ2v) is 6.02. The van der Waals surface area contributed by atoms with Crippen LogP contribution in [0, 0.1) is 0 Å².